The number of benzene rings is 1. The number of rotatable bonds is 8. The van der Waals surface area contributed by atoms with Gasteiger partial charge in [0.25, 0.3) is 0 Å². The quantitative estimate of drug-likeness (QED) is 0.285. The lowest BCUT2D eigenvalue weighted by Gasteiger charge is -2.09. The first-order valence-electron chi connectivity index (χ1n) is 8.31. The third kappa shape index (κ3) is 5.33. The van der Waals surface area contributed by atoms with Gasteiger partial charge in [-0.15, -0.1) is 6.58 Å². The first-order valence-corrected chi connectivity index (χ1v) is 8.68. The zero-order chi connectivity index (χ0) is 20.7. The number of aliphatic imine (C=N–C) groups is 1. The van der Waals surface area contributed by atoms with Gasteiger partial charge in [0.2, 0.25) is 0 Å². The van der Waals surface area contributed by atoms with E-state index in [-0.39, 0.29) is 6.42 Å². The molecule has 0 radical (unpaired) electrons. The number of halogens is 4. The molecular formula is C21H19ClF3N3. The second-order valence-corrected chi connectivity index (χ2v) is 6.22. The molecule has 0 fully saturated rings. The van der Waals surface area contributed by atoms with Crippen molar-refractivity contribution < 1.29 is 13.2 Å². The van der Waals surface area contributed by atoms with E-state index in [2.05, 4.69) is 30.0 Å². The summed E-state index contributed by atoms with van der Waals surface area (Å²) in [4.78, 5) is 3.88. The molecule has 0 bridgehead atoms. The van der Waals surface area contributed by atoms with Crippen LogP contribution < -0.4 is 0 Å². The summed E-state index contributed by atoms with van der Waals surface area (Å²) in [5.41, 5.74) is 1.09. The van der Waals surface area contributed by atoms with E-state index < -0.39 is 11.9 Å². The lowest BCUT2D eigenvalue weighted by molar-refractivity contribution is -0.141. The fraction of sp³-hybridized carbons (Fsp3) is 0.143. The van der Waals surface area contributed by atoms with Gasteiger partial charge in [-0.05, 0) is 36.6 Å². The summed E-state index contributed by atoms with van der Waals surface area (Å²) in [6.45, 7) is 10.9. The van der Waals surface area contributed by atoms with Crippen molar-refractivity contribution >= 4 is 18.3 Å². The molecule has 2 aromatic rings. The number of allylic oxidation sites excluding steroid dienone is 5. The van der Waals surface area contributed by atoms with Crippen molar-refractivity contribution in [1.82, 2.24) is 9.78 Å². The Balaban J connectivity index is 2.50. The number of para-hydroxylation sites is 1. The minimum absolute atomic E-state index is 0.173. The molecule has 1 aromatic heterocycles. The maximum atomic E-state index is 13.2. The first-order chi connectivity index (χ1) is 13.3. The van der Waals surface area contributed by atoms with Gasteiger partial charge in [0.05, 0.1) is 10.7 Å². The van der Waals surface area contributed by atoms with Crippen LogP contribution in [0.1, 0.15) is 17.8 Å². The van der Waals surface area contributed by atoms with Crippen LogP contribution in [0.5, 0.6) is 0 Å². The normalized spacial score (nSPS) is 12.7. The van der Waals surface area contributed by atoms with Crippen LogP contribution >= 0.6 is 11.6 Å². The highest BCUT2D eigenvalue weighted by molar-refractivity contribution is 6.32. The van der Waals surface area contributed by atoms with E-state index in [0.29, 0.717) is 34.1 Å². The fourth-order valence-corrected chi connectivity index (χ4v) is 2.68. The van der Waals surface area contributed by atoms with Gasteiger partial charge in [0.15, 0.2) is 5.69 Å². The van der Waals surface area contributed by atoms with Crippen molar-refractivity contribution in [3.05, 3.63) is 95.5 Å². The molecule has 0 spiro atoms. The standard InChI is InChI=1S/C21H19ClF3N3/c1-4-8-16(26-3)12-11-15(5-2)13-17-14-20(21(23,24)25)27-28(17)19-10-7-6-9-18(19)22/h4-7,9-12,14H,1-3,8,13H2/b15-11+,16-12+. The highest BCUT2D eigenvalue weighted by Crippen LogP contribution is 2.31. The van der Waals surface area contributed by atoms with Crippen LogP contribution in [0.25, 0.3) is 5.69 Å². The van der Waals surface area contributed by atoms with Gasteiger partial charge in [-0.2, -0.15) is 18.3 Å². The van der Waals surface area contributed by atoms with Crippen molar-refractivity contribution in [3.63, 3.8) is 0 Å². The SMILES string of the molecule is C=CC/C(=C\C=C(/C=C)Cc1cc(C(F)(F)F)nn1-c1ccccc1Cl)N=C. The first kappa shape index (κ1) is 21.4. The molecule has 146 valence electrons. The van der Waals surface area contributed by atoms with Gasteiger partial charge < -0.3 is 0 Å². The van der Waals surface area contributed by atoms with E-state index >= 15 is 0 Å². The Bertz CT molecular complexity index is 937. The molecule has 28 heavy (non-hydrogen) atoms. The molecule has 2 rings (SSSR count). The van der Waals surface area contributed by atoms with Crippen LogP contribution in [0.2, 0.25) is 5.02 Å². The van der Waals surface area contributed by atoms with E-state index in [4.69, 9.17) is 11.6 Å². The Labute approximate surface area is 166 Å². The molecule has 0 N–H and O–H groups in total. The Morgan fingerprint density at radius 2 is 1.93 bits per heavy atom. The number of hydrogen-bond acceptors (Lipinski definition) is 2. The average molecular weight is 406 g/mol. The van der Waals surface area contributed by atoms with E-state index in [1.165, 1.54) is 4.68 Å². The number of aromatic nitrogens is 2. The molecule has 1 aromatic carbocycles. The molecule has 0 amide bonds. The van der Waals surface area contributed by atoms with E-state index in [1.54, 1.807) is 48.6 Å². The Morgan fingerprint density at radius 3 is 2.50 bits per heavy atom. The summed E-state index contributed by atoms with van der Waals surface area (Å²) in [5.74, 6) is 0. The van der Waals surface area contributed by atoms with Gasteiger partial charge in [-0.3, -0.25) is 4.99 Å². The van der Waals surface area contributed by atoms with Gasteiger partial charge in [0, 0.05) is 24.2 Å². The van der Waals surface area contributed by atoms with E-state index in [9.17, 15) is 13.2 Å². The molecule has 0 atom stereocenters. The molecule has 0 aliphatic rings. The van der Waals surface area contributed by atoms with Crippen LogP contribution in [0.4, 0.5) is 13.2 Å². The van der Waals surface area contributed by atoms with Crippen LogP contribution in [0, 0.1) is 0 Å². The third-order valence-corrected chi connectivity index (χ3v) is 4.17. The highest BCUT2D eigenvalue weighted by Gasteiger charge is 2.35. The number of nitrogens with zero attached hydrogens (tertiary/aromatic N) is 3. The Morgan fingerprint density at radius 1 is 1.21 bits per heavy atom. The zero-order valence-corrected chi connectivity index (χ0v) is 15.8. The highest BCUT2D eigenvalue weighted by atomic mass is 35.5. The lowest BCUT2D eigenvalue weighted by Crippen LogP contribution is -2.08. The largest absolute Gasteiger partial charge is 0.435 e. The van der Waals surface area contributed by atoms with Crippen molar-refractivity contribution in [2.24, 2.45) is 4.99 Å². The molecule has 3 nitrogen and oxygen atoms in total. The second kappa shape index (κ2) is 9.37. The predicted molar refractivity (Wildman–Crippen MR) is 108 cm³/mol. The predicted octanol–water partition coefficient (Wildman–Crippen LogP) is 6.36. The molecule has 0 aliphatic heterocycles. The van der Waals surface area contributed by atoms with Crippen molar-refractivity contribution in [2.75, 3.05) is 0 Å². The summed E-state index contributed by atoms with van der Waals surface area (Å²) >= 11 is 6.17. The van der Waals surface area contributed by atoms with Crippen LogP contribution in [-0.2, 0) is 12.6 Å². The smallest absolute Gasteiger partial charge is 0.269 e. The Hall–Kier alpha value is -2.86. The molecular weight excluding hydrogens is 387 g/mol. The van der Waals surface area contributed by atoms with Gasteiger partial charge in [0.1, 0.15) is 0 Å². The van der Waals surface area contributed by atoms with Gasteiger partial charge in [-0.1, -0.05) is 48.5 Å². The summed E-state index contributed by atoms with van der Waals surface area (Å²) in [6, 6.07) is 7.61. The van der Waals surface area contributed by atoms with Crippen LogP contribution in [0.3, 0.4) is 0 Å². The molecule has 0 unspecified atom stereocenters. The summed E-state index contributed by atoms with van der Waals surface area (Å²) in [7, 11) is 0. The van der Waals surface area contributed by atoms with Crippen LogP contribution in [0.15, 0.2) is 84.1 Å². The summed E-state index contributed by atoms with van der Waals surface area (Å²) < 4.78 is 40.9. The van der Waals surface area contributed by atoms with Gasteiger partial charge in [-0.25, -0.2) is 4.68 Å². The topological polar surface area (TPSA) is 30.2 Å². The maximum absolute atomic E-state index is 13.2. The third-order valence-electron chi connectivity index (χ3n) is 3.85. The number of alkyl halides is 3. The summed E-state index contributed by atoms with van der Waals surface area (Å²) in [5, 5.41) is 4.03. The molecule has 0 saturated heterocycles. The zero-order valence-electron chi connectivity index (χ0n) is 15.1. The van der Waals surface area contributed by atoms with Crippen LogP contribution in [-0.4, -0.2) is 16.5 Å². The molecule has 0 saturated carbocycles. The van der Waals surface area contributed by atoms with Crippen molar-refractivity contribution in [3.8, 4) is 5.69 Å². The number of hydrogen-bond donors (Lipinski definition) is 0. The van der Waals surface area contributed by atoms with Crippen molar-refractivity contribution in [2.45, 2.75) is 19.0 Å². The van der Waals surface area contributed by atoms with E-state index in [0.717, 1.165) is 6.07 Å². The Kier molecular flexibility index (Phi) is 7.18. The molecule has 0 aliphatic carbocycles. The van der Waals surface area contributed by atoms with Gasteiger partial charge >= 0.3 is 6.18 Å². The maximum Gasteiger partial charge on any atom is 0.435 e. The minimum Gasteiger partial charge on any atom is -0.269 e. The average Bonchev–Trinajstić information content (AvgIpc) is 3.08. The lowest BCUT2D eigenvalue weighted by atomic mass is 10.1. The van der Waals surface area contributed by atoms with E-state index in [1.807, 2.05) is 0 Å². The summed E-state index contributed by atoms with van der Waals surface area (Å²) in [6.07, 6.45) is 2.85. The monoisotopic (exact) mass is 405 g/mol. The second-order valence-electron chi connectivity index (χ2n) is 5.81. The fourth-order valence-electron chi connectivity index (χ4n) is 2.46. The minimum atomic E-state index is -4.57. The molecule has 7 heteroatoms. The van der Waals surface area contributed by atoms with Crippen molar-refractivity contribution in [1.29, 1.82) is 0 Å². The molecule has 1 heterocycles.